The Balaban J connectivity index is 1.65. The van der Waals surface area contributed by atoms with Crippen LogP contribution in [0.25, 0.3) is 22.0 Å². The molecule has 0 radical (unpaired) electrons. The maximum atomic E-state index is 12.8. The summed E-state index contributed by atoms with van der Waals surface area (Å²) < 4.78 is 17.1. The summed E-state index contributed by atoms with van der Waals surface area (Å²) >= 11 is 0. The minimum atomic E-state index is -0.932. The monoisotopic (exact) mass is 434 g/mol. The third-order valence-electron chi connectivity index (χ3n) is 5.30. The topological polar surface area (TPSA) is 101 Å². The lowest BCUT2D eigenvalue weighted by molar-refractivity contribution is -0.148. The van der Waals surface area contributed by atoms with E-state index in [9.17, 15) is 14.4 Å². The Morgan fingerprint density at radius 2 is 1.81 bits per heavy atom. The highest BCUT2D eigenvalue weighted by atomic mass is 16.5. The largest absolute Gasteiger partial charge is 0.462 e. The van der Waals surface area contributed by atoms with E-state index in [0.29, 0.717) is 27.9 Å². The van der Waals surface area contributed by atoms with Crippen LogP contribution >= 0.6 is 0 Å². The molecule has 2 aromatic heterocycles. The van der Waals surface area contributed by atoms with Crippen molar-refractivity contribution in [1.29, 1.82) is 0 Å². The first-order valence-corrected chi connectivity index (χ1v) is 10.2. The molecule has 4 rings (SSSR count). The zero-order valence-electron chi connectivity index (χ0n) is 18.0. The number of hydrogen-bond donors (Lipinski definition) is 0. The van der Waals surface area contributed by atoms with Crippen LogP contribution in [0.5, 0.6) is 0 Å². The highest BCUT2D eigenvalue weighted by molar-refractivity contribution is 5.98. The lowest BCUT2D eigenvalue weighted by Crippen LogP contribution is -2.26. The van der Waals surface area contributed by atoms with E-state index >= 15 is 0 Å². The Hall–Kier alpha value is -3.94. The average molecular weight is 434 g/mol. The molecule has 164 valence electrons. The van der Waals surface area contributed by atoms with Crippen LogP contribution in [-0.4, -0.2) is 28.1 Å². The third-order valence-corrected chi connectivity index (χ3v) is 5.30. The number of carbonyl (C=O) groups excluding carboxylic acids is 2. The van der Waals surface area contributed by atoms with Crippen LogP contribution in [0.3, 0.4) is 0 Å². The lowest BCUT2D eigenvalue weighted by atomic mass is 10.0. The van der Waals surface area contributed by atoms with E-state index in [2.05, 4.69) is 4.98 Å². The maximum Gasteiger partial charge on any atom is 0.420 e. The third kappa shape index (κ3) is 3.75. The van der Waals surface area contributed by atoms with Crippen molar-refractivity contribution >= 4 is 33.9 Å². The van der Waals surface area contributed by atoms with Crippen molar-refractivity contribution in [1.82, 2.24) is 9.55 Å². The van der Waals surface area contributed by atoms with E-state index in [4.69, 9.17) is 13.9 Å². The standard InChI is InChI=1S/C24H22N2O6/c1-4-30-23(28)21-14(2)16-9-5-6-10-17(16)25-18(21)13-31-22(27)15(3)26-19-11-7-8-12-20(19)32-24(26)29/h5-12,15H,4,13H2,1-3H3. The second kappa shape index (κ2) is 8.66. The summed E-state index contributed by atoms with van der Waals surface area (Å²) in [6.45, 7) is 5.04. The van der Waals surface area contributed by atoms with Gasteiger partial charge in [-0.2, -0.15) is 0 Å². The number of esters is 2. The molecule has 2 aromatic carbocycles. The van der Waals surface area contributed by atoms with E-state index < -0.39 is 23.7 Å². The van der Waals surface area contributed by atoms with Gasteiger partial charge in [-0.1, -0.05) is 30.3 Å². The van der Waals surface area contributed by atoms with Crippen LogP contribution in [0.2, 0.25) is 0 Å². The Kier molecular flexibility index (Phi) is 5.77. The van der Waals surface area contributed by atoms with Gasteiger partial charge in [-0.25, -0.2) is 19.4 Å². The maximum absolute atomic E-state index is 12.8. The number of carbonyl (C=O) groups is 2. The van der Waals surface area contributed by atoms with Gasteiger partial charge >= 0.3 is 17.7 Å². The van der Waals surface area contributed by atoms with Gasteiger partial charge in [0.1, 0.15) is 12.6 Å². The molecule has 0 saturated carbocycles. The van der Waals surface area contributed by atoms with Gasteiger partial charge in [0.2, 0.25) is 0 Å². The van der Waals surface area contributed by atoms with Gasteiger partial charge in [0.05, 0.1) is 28.9 Å². The molecule has 4 aromatic rings. The van der Waals surface area contributed by atoms with E-state index in [1.807, 2.05) is 24.3 Å². The molecule has 1 unspecified atom stereocenters. The van der Waals surface area contributed by atoms with Gasteiger partial charge < -0.3 is 13.9 Å². The first-order valence-electron chi connectivity index (χ1n) is 10.2. The lowest BCUT2D eigenvalue weighted by Gasteiger charge is -2.16. The summed E-state index contributed by atoms with van der Waals surface area (Å²) in [6, 6.07) is 13.3. The van der Waals surface area contributed by atoms with E-state index in [0.717, 1.165) is 5.39 Å². The molecular formula is C24H22N2O6. The predicted octanol–water partition coefficient (Wildman–Crippen LogP) is 3.93. The highest BCUT2D eigenvalue weighted by Gasteiger charge is 2.25. The van der Waals surface area contributed by atoms with Gasteiger partial charge in [0.25, 0.3) is 0 Å². The number of hydrogen-bond acceptors (Lipinski definition) is 7. The second-order valence-corrected chi connectivity index (χ2v) is 7.29. The molecule has 0 saturated heterocycles. The average Bonchev–Trinajstić information content (AvgIpc) is 3.12. The van der Waals surface area contributed by atoms with Crippen LogP contribution in [0, 0.1) is 6.92 Å². The fourth-order valence-electron chi connectivity index (χ4n) is 3.74. The Morgan fingerprint density at radius 1 is 1.09 bits per heavy atom. The Labute approximate surface area is 183 Å². The zero-order chi connectivity index (χ0) is 22.8. The minimum Gasteiger partial charge on any atom is -0.462 e. The summed E-state index contributed by atoms with van der Waals surface area (Å²) in [5.74, 6) is -1.83. The number of aromatic nitrogens is 2. The van der Waals surface area contributed by atoms with E-state index in [1.165, 1.54) is 4.57 Å². The van der Waals surface area contributed by atoms with Crippen LogP contribution in [-0.2, 0) is 20.9 Å². The summed E-state index contributed by atoms with van der Waals surface area (Å²) in [6.07, 6.45) is 0. The van der Waals surface area contributed by atoms with Crippen molar-refractivity contribution in [2.24, 2.45) is 0 Å². The van der Waals surface area contributed by atoms with Crippen molar-refractivity contribution in [3.63, 3.8) is 0 Å². The molecule has 0 aliphatic carbocycles. The van der Waals surface area contributed by atoms with Gasteiger partial charge in [0.15, 0.2) is 5.58 Å². The number of oxazole rings is 1. The second-order valence-electron chi connectivity index (χ2n) is 7.29. The van der Waals surface area contributed by atoms with E-state index in [-0.39, 0.29) is 18.8 Å². The van der Waals surface area contributed by atoms with Crippen LogP contribution in [0.1, 0.15) is 41.5 Å². The molecule has 2 heterocycles. The fraction of sp³-hybridized carbons (Fsp3) is 0.250. The SMILES string of the molecule is CCOC(=O)c1c(COC(=O)C(C)n2c(=O)oc3ccccc32)nc2ccccc2c1C. The molecular weight excluding hydrogens is 412 g/mol. The normalized spacial score (nSPS) is 12.1. The highest BCUT2D eigenvalue weighted by Crippen LogP contribution is 2.25. The van der Waals surface area contributed by atoms with Gasteiger partial charge in [-0.05, 0) is 44.5 Å². The fourth-order valence-corrected chi connectivity index (χ4v) is 3.74. The van der Waals surface area contributed by atoms with Crippen molar-refractivity contribution in [3.05, 3.63) is 75.9 Å². The molecule has 0 aliphatic rings. The number of fused-ring (bicyclic) bond motifs is 2. The Bertz CT molecular complexity index is 1380. The number of benzene rings is 2. The number of pyridine rings is 1. The Morgan fingerprint density at radius 3 is 2.59 bits per heavy atom. The number of aryl methyl sites for hydroxylation is 1. The zero-order valence-corrected chi connectivity index (χ0v) is 18.0. The molecule has 0 N–H and O–H groups in total. The molecule has 32 heavy (non-hydrogen) atoms. The van der Waals surface area contributed by atoms with Gasteiger partial charge in [-0.3, -0.25) is 4.57 Å². The molecule has 0 bridgehead atoms. The van der Waals surface area contributed by atoms with Crippen molar-refractivity contribution in [2.45, 2.75) is 33.4 Å². The predicted molar refractivity (Wildman–Crippen MR) is 117 cm³/mol. The van der Waals surface area contributed by atoms with Crippen molar-refractivity contribution in [2.75, 3.05) is 6.61 Å². The molecule has 8 heteroatoms. The summed E-state index contributed by atoms with van der Waals surface area (Å²) in [4.78, 5) is 42.2. The van der Waals surface area contributed by atoms with Crippen LogP contribution < -0.4 is 5.76 Å². The molecule has 1 atom stereocenters. The number of nitrogens with zero attached hydrogens (tertiary/aromatic N) is 2. The molecule has 0 fully saturated rings. The number of para-hydroxylation sites is 3. The van der Waals surface area contributed by atoms with E-state index in [1.54, 1.807) is 45.0 Å². The summed E-state index contributed by atoms with van der Waals surface area (Å²) in [7, 11) is 0. The minimum absolute atomic E-state index is 0.206. The molecule has 0 spiro atoms. The number of rotatable bonds is 6. The quantitative estimate of drug-likeness (QED) is 0.424. The van der Waals surface area contributed by atoms with Crippen molar-refractivity contribution < 1.29 is 23.5 Å². The molecule has 0 amide bonds. The first kappa shape index (κ1) is 21.3. The summed E-state index contributed by atoms with van der Waals surface area (Å²) in [5, 5.41) is 0.815. The summed E-state index contributed by atoms with van der Waals surface area (Å²) in [5.41, 5.74) is 2.82. The smallest absolute Gasteiger partial charge is 0.420 e. The van der Waals surface area contributed by atoms with Gasteiger partial charge in [0, 0.05) is 5.39 Å². The van der Waals surface area contributed by atoms with Gasteiger partial charge in [-0.15, -0.1) is 0 Å². The first-order chi connectivity index (χ1) is 15.4. The molecule has 8 nitrogen and oxygen atoms in total. The van der Waals surface area contributed by atoms with Crippen molar-refractivity contribution in [3.8, 4) is 0 Å². The number of ether oxygens (including phenoxy) is 2. The molecule has 0 aliphatic heterocycles. The van der Waals surface area contributed by atoms with Crippen LogP contribution in [0.4, 0.5) is 0 Å². The van der Waals surface area contributed by atoms with Crippen LogP contribution in [0.15, 0.2) is 57.7 Å².